The first-order valence-electron chi connectivity index (χ1n) is 9.18. The number of nitrogens with zero attached hydrogens (tertiary/aromatic N) is 1. The Morgan fingerprint density at radius 2 is 2.33 bits per heavy atom. The zero-order valence-electron chi connectivity index (χ0n) is 14.5. The van der Waals surface area contributed by atoms with Crippen LogP contribution in [0.2, 0.25) is 0 Å². The predicted molar refractivity (Wildman–Crippen MR) is 93.9 cm³/mol. The highest BCUT2D eigenvalue weighted by Crippen LogP contribution is 2.62. The minimum atomic E-state index is -0.0459. The molecule has 2 amide bonds. The normalized spacial score (nSPS) is 29.9. The second-order valence-electron chi connectivity index (χ2n) is 7.95. The number of hydrogen-bond acceptors (Lipinski definition) is 4. The predicted octanol–water partition coefficient (Wildman–Crippen LogP) is 3.10. The van der Waals surface area contributed by atoms with Gasteiger partial charge in [-0.05, 0) is 25.2 Å². The molecule has 2 N–H and O–H groups in total. The van der Waals surface area contributed by atoms with Crippen LogP contribution in [0.4, 0.5) is 4.79 Å². The molecular weight excluding hydrogens is 322 g/mol. The lowest BCUT2D eigenvalue weighted by Gasteiger charge is -2.63. The van der Waals surface area contributed by atoms with Gasteiger partial charge in [-0.2, -0.15) is 0 Å². The number of ether oxygens (including phenoxy) is 1. The van der Waals surface area contributed by atoms with Crippen molar-refractivity contribution in [2.75, 3.05) is 6.61 Å². The quantitative estimate of drug-likeness (QED) is 0.858. The molecule has 4 rings (SSSR count). The summed E-state index contributed by atoms with van der Waals surface area (Å²) in [7, 11) is 0. The highest BCUT2D eigenvalue weighted by Gasteiger charge is 2.66. The Morgan fingerprint density at radius 3 is 3.04 bits per heavy atom. The van der Waals surface area contributed by atoms with E-state index in [2.05, 4.69) is 29.5 Å². The molecule has 6 heteroatoms. The van der Waals surface area contributed by atoms with Gasteiger partial charge in [0.05, 0.1) is 17.7 Å². The molecule has 2 heterocycles. The minimum absolute atomic E-state index is 0.0459. The van der Waals surface area contributed by atoms with Crippen molar-refractivity contribution < 1.29 is 9.53 Å². The molecule has 0 aromatic carbocycles. The summed E-state index contributed by atoms with van der Waals surface area (Å²) in [5.41, 5.74) is 0.243. The van der Waals surface area contributed by atoms with Gasteiger partial charge in [-0.3, -0.25) is 0 Å². The number of fused-ring (bicyclic) bond motifs is 2. The Balaban J connectivity index is 1.29. The third-order valence-electron chi connectivity index (χ3n) is 5.93. The van der Waals surface area contributed by atoms with Crippen LogP contribution < -0.4 is 10.6 Å². The van der Waals surface area contributed by atoms with Crippen molar-refractivity contribution in [3.63, 3.8) is 0 Å². The van der Waals surface area contributed by atoms with Gasteiger partial charge < -0.3 is 15.4 Å². The van der Waals surface area contributed by atoms with E-state index in [0.29, 0.717) is 30.5 Å². The van der Waals surface area contributed by atoms with Crippen LogP contribution >= 0.6 is 11.3 Å². The summed E-state index contributed by atoms with van der Waals surface area (Å²) in [6.45, 7) is 5.81. The van der Waals surface area contributed by atoms with Gasteiger partial charge in [0.2, 0.25) is 0 Å². The van der Waals surface area contributed by atoms with Crippen molar-refractivity contribution in [1.82, 2.24) is 15.6 Å². The maximum absolute atomic E-state index is 12.3. The Hall–Kier alpha value is -1.14. The van der Waals surface area contributed by atoms with Crippen LogP contribution in [-0.2, 0) is 17.7 Å². The molecule has 2 aliphatic carbocycles. The Morgan fingerprint density at radius 1 is 1.50 bits per heavy atom. The lowest BCUT2D eigenvalue weighted by atomic mass is 9.46. The topological polar surface area (TPSA) is 63.2 Å². The van der Waals surface area contributed by atoms with E-state index < -0.39 is 0 Å². The van der Waals surface area contributed by atoms with Crippen LogP contribution in [0.15, 0.2) is 6.20 Å². The van der Waals surface area contributed by atoms with E-state index in [1.54, 1.807) is 11.3 Å². The van der Waals surface area contributed by atoms with Crippen LogP contribution in [0.25, 0.3) is 0 Å². The fraction of sp³-hybridized carbons (Fsp3) is 0.778. The average molecular weight is 350 g/mol. The Kier molecular flexibility index (Phi) is 4.29. The van der Waals surface area contributed by atoms with Crippen LogP contribution in [0.5, 0.6) is 0 Å². The third-order valence-corrected chi connectivity index (χ3v) is 6.95. The van der Waals surface area contributed by atoms with E-state index in [-0.39, 0.29) is 11.4 Å². The van der Waals surface area contributed by atoms with Crippen LogP contribution in [0, 0.1) is 17.3 Å². The summed E-state index contributed by atoms with van der Waals surface area (Å²) in [4.78, 5) is 17.9. The molecule has 3 aliphatic rings. The molecule has 3 atom stereocenters. The Bertz CT molecular complexity index is 611. The molecule has 3 unspecified atom stereocenters. The fourth-order valence-electron chi connectivity index (χ4n) is 4.69. The van der Waals surface area contributed by atoms with Gasteiger partial charge in [-0.25, -0.2) is 9.78 Å². The Labute approximate surface area is 147 Å². The highest BCUT2D eigenvalue weighted by atomic mass is 32.1. The molecule has 1 saturated heterocycles. The van der Waals surface area contributed by atoms with Gasteiger partial charge in [0.1, 0.15) is 0 Å². The van der Waals surface area contributed by atoms with Gasteiger partial charge in [0, 0.05) is 41.5 Å². The lowest BCUT2D eigenvalue weighted by molar-refractivity contribution is -0.172. The summed E-state index contributed by atoms with van der Waals surface area (Å²) in [6, 6.07) is 0.257. The monoisotopic (exact) mass is 349 g/mol. The van der Waals surface area contributed by atoms with Crippen LogP contribution in [-0.4, -0.2) is 29.8 Å². The molecule has 5 nitrogen and oxygen atoms in total. The molecule has 0 bridgehead atoms. The highest BCUT2D eigenvalue weighted by molar-refractivity contribution is 7.11. The minimum Gasteiger partial charge on any atom is -0.377 e. The van der Waals surface area contributed by atoms with Crippen LogP contribution in [0.1, 0.15) is 49.4 Å². The van der Waals surface area contributed by atoms with Gasteiger partial charge >= 0.3 is 6.03 Å². The summed E-state index contributed by atoms with van der Waals surface area (Å²) in [5, 5.41) is 7.41. The van der Waals surface area contributed by atoms with E-state index >= 15 is 0 Å². The van der Waals surface area contributed by atoms with E-state index in [1.165, 1.54) is 19.3 Å². The number of carbonyl (C=O) groups excluding carboxylic acids is 1. The molecule has 1 aromatic heterocycles. The maximum Gasteiger partial charge on any atom is 0.315 e. The smallest absolute Gasteiger partial charge is 0.315 e. The molecule has 132 valence electrons. The van der Waals surface area contributed by atoms with Crippen molar-refractivity contribution in [3.8, 4) is 0 Å². The second-order valence-corrected chi connectivity index (χ2v) is 9.15. The average Bonchev–Trinajstić information content (AvgIpc) is 3.08. The molecule has 1 spiro atoms. The summed E-state index contributed by atoms with van der Waals surface area (Å²) in [6.07, 6.45) is 8.05. The maximum atomic E-state index is 12.3. The molecule has 24 heavy (non-hydrogen) atoms. The summed E-state index contributed by atoms with van der Waals surface area (Å²) < 4.78 is 5.91. The van der Waals surface area contributed by atoms with E-state index in [0.717, 1.165) is 29.3 Å². The summed E-state index contributed by atoms with van der Waals surface area (Å²) >= 11 is 1.70. The SMILES string of the molecule is CC(C)Cc1ncc(CNC(=O)NC2C3CCOC3C23CCC3)s1. The first-order valence-corrected chi connectivity index (χ1v) is 10.00. The molecule has 1 aromatic rings. The second kappa shape index (κ2) is 6.30. The van der Waals surface area contributed by atoms with Gasteiger partial charge in [0.15, 0.2) is 0 Å². The first-order chi connectivity index (χ1) is 11.6. The van der Waals surface area contributed by atoms with E-state index in [4.69, 9.17) is 4.74 Å². The first kappa shape index (κ1) is 16.3. The zero-order valence-corrected chi connectivity index (χ0v) is 15.3. The zero-order chi connectivity index (χ0) is 16.7. The molecular formula is C18H27N3O2S. The third kappa shape index (κ3) is 2.73. The number of amides is 2. The van der Waals surface area contributed by atoms with Gasteiger partial charge in [-0.15, -0.1) is 11.3 Å². The number of thiazole rings is 1. The fourth-order valence-corrected chi connectivity index (χ4v) is 5.76. The number of carbonyl (C=O) groups is 1. The van der Waals surface area contributed by atoms with Crippen molar-refractivity contribution in [2.24, 2.45) is 17.3 Å². The number of nitrogens with one attached hydrogen (secondary N) is 2. The van der Waals surface area contributed by atoms with Crippen molar-refractivity contribution in [2.45, 2.75) is 64.6 Å². The number of hydrogen-bond donors (Lipinski definition) is 2. The molecule has 2 saturated carbocycles. The van der Waals surface area contributed by atoms with E-state index in [9.17, 15) is 4.79 Å². The van der Waals surface area contributed by atoms with Crippen LogP contribution in [0.3, 0.4) is 0 Å². The molecule has 3 fully saturated rings. The van der Waals surface area contributed by atoms with Gasteiger partial charge in [-0.1, -0.05) is 20.3 Å². The largest absolute Gasteiger partial charge is 0.377 e. The van der Waals surface area contributed by atoms with Gasteiger partial charge in [0.25, 0.3) is 0 Å². The number of rotatable bonds is 5. The lowest BCUT2D eigenvalue weighted by Crippen LogP contribution is -2.72. The molecule has 1 aliphatic heterocycles. The van der Waals surface area contributed by atoms with Crippen molar-refractivity contribution >= 4 is 17.4 Å². The standard InChI is InChI=1S/C18H27N3O2S/c1-11(2)8-14-19-9-12(24-14)10-20-17(22)21-15-13-4-7-23-16(13)18(15)5-3-6-18/h9,11,13,15-16H,3-8,10H2,1-2H3,(H2,20,21,22). The number of aromatic nitrogens is 1. The van der Waals surface area contributed by atoms with E-state index in [1.807, 2.05) is 6.20 Å². The van der Waals surface area contributed by atoms with Crippen molar-refractivity contribution in [1.29, 1.82) is 0 Å². The van der Waals surface area contributed by atoms with Crippen molar-refractivity contribution in [3.05, 3.63) is 16.1 Å². The number of urea groups is 1. The molecule has 0 radical (unpaired) electrons. The summed E-state index contributed by atoms with van der Waals surface area (Å²) in [5.74, 6) is 1.14.